The Morgan fingerprint density at radius 3 is 2.78 bits per heavy atom. The largest absolute Gasteiger partial charge is 0.476 e. The predicted octanol–water partition coefficient (Wildman–Crippen LogP) is -1.10. The molecular weight excluding hydrogens is 236 g/mol. The molecule has 0 aromatic rings. The smallest absolute Gasteiger partial charge is 0.255 e. The molecule has 0 bridgehead atoms. The Kier molecular flexibility index (Phi) is 6.16. The summed E-state index contributed by atoms with van der Waals surface area (Å²) in [4.78, 5) is 13.2. The lowest BCUT2D eigenvalue weighted by Gasteiger charge is -2.26. The maximum Gasteiger partial charge on any atom is 0.255 e. The van der Waals surface area contributed by atoms with Gasteiger partial charge in [-0.25, -0.2) is 0 Å². The molecule has 0 aromatic heterocycles. The first-order valence-electron chi connectivity index (χ1n) is 5.84. The van der Waals surface area contributed by atoms with Crippen molar-refractivity contribution in [1.82, 2.24) is 10.2 Å². The number of morpholine rings is 1. The Morgan fingerprint density at radius 1 is 1.56 bits per heavy atom. The quantitative estimate of drug-likeness (QED) is 0.318. The number of hydrogen-bond acceptors (Lipinski definition) is 6. The van der Waals surface area contributed by atoms with E-state index in [-0.39, 0.29) is 11.5 Å². The highest BCUT2D eigenvalue weighted by Gasteiger charge is 2.14. The molecule has 0 spiro atoms. The van der Waals surface area contributed by atoms with Gasteiger partial charge in [0.25, 0.3) is 5.91 Å². The van der Waals surface area contributed by atoms with E-state index in [1.54, 1.807) is 7.05 Å². The molecule has 1 heterocycles. The molecule has 7 nitrogen and oxygen atoms in total. The number of ether oxygens (including phenoxy) is 2. The molecule has 18 heavy (non-hydrogen) atoms. The van der Waals surface area contributed by atoms with Crippen LogP contribution in [0.5, 0.6) is 0 Å². The van der Waals surface area contributed by atoms with E-state index < -0.39 is 5.91 Å². The van der Waals surface area contributed by atoms with Gasteiger partial charge in [-0.05, 0) is 0 Å². The minimum Gasteiger partial charge on any atom is -0.476 e. The Labute approximate surface area is 106 Å². The minimum absolute atomic E-state index is 0.0412. The number of amides is 1. The van der Waals surface area contributed by atoms with Crippen molar-refractivity contribution in [1.29, 1.82) is 5.41 Å². The van der Waals surface area contributed by atoms with Gasteiger partial charge >= 0.3 is 0 Å². The van der Waals surface area contributed by atoms with Crippen molar-refractivity contribution in [2.45, 2.75) is 0 Å². The highest BCUT2D eigenvalue weighted by molar-refractivity contribution is 6.16. The third kappa shape index (κ3) is 4.72. The van der Waals surface area contributed by atoms with E-state index in [4.69, 9.17) is 20.6 Å². The first kappa shape index (κ1) is 14.5. The standard InChI is InChI=1S/C11H20N4O3/c1-14-8-9(10(12)16)11(13)18-7-4-15-2-5-17-6-3-15/h8,13-14H,2-7H2,1H3,(H2,12,16)/b9-8-,13-11?. The molecule has 1 rings (SSSR count). The fraction of sp³-hybridized carbons (Fsp3) is 0.636. The lowest BCUT2D eigenvalue weighted by molar-refractivity contribution is -0.114. The Balaban J connectivity index is 2.31. The summed E-state index contributed by atoms with van der Waals surface area (Å²) in [5, 5.41) is 10.3. The van der Waals surface area contributed by atoms with Gasteiger partial charge < -0.3 is 20.5 Å². The Morgan fingerprint density at radius 2 is 2.22 bits per heavy atom. The lowest BCUT2D eigenvalue weighted by atomic mass is 10.3. The van der Waals surface area contributed by atoms with Crippen LogP contribution in [0.3, 0.4) is 0 Å². The van der Waals surface area contributed by atoms with Crippen molar-refractivity contribution in [3.05, 3.63) is 11.8 Å². The molecule has 4 N–H and O–H groups in total. The molecule has 0 unspecified atom stereocenters. The van der Waals surface area contributed by atoms with Crippen molar-refractivity contribution < 1.29 is 14.3 Å². The van der Waals surface area contributed by atoms with E-state index in [2.05, 4.69) is 10.2 Å². The van der Waals surface area contributed by atoms with Gasteiger partial charge in [-0.2, -0.15) is 0 Å². The molecular formula is C11H20N4O3. The van der Waals surface area contributed by atoms with Crippen LogP contribution in [0.4, 0.5) is 0 Å². The molecule has 7 heteroatoms. The topological polar surface area (TPSA) is 101 Å². The molecule has 1 aliphatic heterocycles. The number of hydrogen-bond donors (Lipinski definition) is 3. The summed E-state index contributed by atoms with van der Waals surface area (Å²) in [5.41, 5.74) is 5.18. The number of carbonyl (C=O) groups excluding carboxylic acids is 1. The van der Waals surface area contributed by atoms with Crippen molar-refractivity contribution in [3.63, 3.8) is 0 Å². The van der Waals surface area contributed by atoms with Crippen LogP contribution in [-0.4, -0.2) is 63.2 Å². The van der Waals surface area contributed by atoms with Gasteiger partial charge in [0.2, 0.25) is 5.90 Å². The van der Waals surface area contributed by atoms with Crippen LogP contribution in [0.15, 0.2) is 11.8 Å². The highest BCUT2D eigenvalue weighted by atomic mass is 16.5. The van der Waals surface area contributed by atoms with Crippen molar-refractivity contribution >= 4 is 11.8 Å². The first-order valence-corrected chi connectivity index (χ1v) is 5.84. The minimum atomic E-state index is -0.680. The summed E-state index contributed by atoms with van der Waals surface area (Å²) in [7, 11) is 1.63. The second-order valence-corrected chi connectivity index (χ2v) is 3.84. The first-order chi connectivity index (χ1) is 8.65. The summed E-state index contributed by atoms with van der Waals surface area (Å²) < 4.78 is 10.4. The molecule has 0 aliphatic carbocycles. The van der Waals surface area contributed by atoms with Crippen LogP contribution >= 0.6 is 0 Å². The van der Waals surface area contributed by atoms with E-state index in [0.29, 0.717) is 13.2 Å². The molecule has 0 saturated carbocycles. The van der Waals surface area contributed by atoms with Gasteiger partial charge in [0.1, 0.15) is 12.2 Å². The van der Waals surface area contributed by atoms with E-state index in [9.17, 15) is 4.79 Å². The van der Waals surface area contributed by atoms with Crippen molar-refractivity contribution in [2.24, 2.45) is 5.73 Å². The van der Waals surface area contributed by atoms with Gasteiger partial charge in [-0.15, -0.1) is 0 Å². The molecule has 0 aromatic carbocycles. The number of nitrogens with two attached hydrogens (primary N) is 1. The highest BCUT2D eigenvalue weighted by Crippen LogP contribution is 1.99. The number of nitrogens with zero attached hydrogens (tertiary/aromatic N) is 1. The van der Waals surface area contributed by atoms with Gasteiger partial charge in [-0.1, -0.05) is 0 Å². The molecule has 1 fully saturated rings. The van der Waals surface area contributed by atoms with Crippen molar-refractivity contribution in [2.75, 3.05) is 46.5 Å². The summed E-state index contributed by atoms with van der Waals surface area (Å²) in [6.45, 7) is 4.25. The summed E-state index contributed by atoms with van der Waals surface area (Å²) in [5.74, 6) is -0.883. The van der Waals surface area contributed by atoms with Gasteiger partial charge in [0.05, 0.1) is 13.2 Å². The fourth-order valence-corrected chi connectivity index (χ4v) is 1.57. The average molecular weight is 256 g/mol. The monoisotopic (exact) mass is 256 g/mol. The molecule has 0 radical (unpaired) electrons. The van der Waals surface area contributed by atoms with Crippen LogP contribution in [0.25, 0.3) is 0 Å². The summed E-state index contributed by atoms with van der Waals surface area (Å²) >= 11 is 0. The molecule has 1 saturated heterocycles. The van der Waals surface area contributed by atoms with E-state index >= 15 is 0 Å². The van der Waals surface area contributed by atoms with Crippen molar-refractivity contribution in [3.8, 4) is 0 Å². The molecule has 0 atom stereocenters. The van der Waals surface area contributed by atoms with Crippen LogP contribution in [-0.2, 0) is 14.3 Å². The van der Waals surface area contributed by atoms with Crippen LogP contribution in [0, 0.1) is 5.41 Å². The number of rotatable bonds is 6. The number of primary amides is 1. The molecule has 1 aliphatic rings. The summed E-state index contributed by atoms with van der Waals surface area (Å²) in [6, 6.07) is 0. The maximum atomic E-state index is 11.1. The predicted molar refractivity (Wildman–Crippen MR) is 67.3 cm³/mol. The van der Waals surface area contributed by atoms with Crippen LogP contribution in [0.1, 0.15) is 0 Å². The Bertz CT molecular complexity index is 324. The maximum absolute atomic E-state index is 11.1. The normalized spacial score (nSPS) is 17.3. The second-order valence-electron chi connectivity index (χ2n) is 3.84. The van der Waals surface area contributed by atoms with Gasteiger partial charge in [0, 0.05) is 32.9 Å². The molecule has 1 amide bonds. The zero-order valence-electron chi connectivity index (χ0n) is 10.6. The van der Waals surface area contributed by atoms with E-state index in [1.807, 2.05) is 0 Å². The molecule has 102 valence electrons. The second kappa shape index (κ2) is 7.67. The van der Waals surface area contributed by atoms with Crippen LogP contribution in [0.2, 0.25) is 0 Å². The van der Waals surface area contributed by atoms with Crippen LogP contribution < -0.4 is 11.1 Å². The van der Waals surface area contributed by atoms with E-state index in [0.717, 1.165) is 26.3 Å². The SMILES string of the molecule is CN/C=C(\C(=N)OCCN1CCOCC1)C(N)=O. The zero-order valence-corrected chi connectivity index (χ0v) is 10.6. The van der Waals surface area contributed by atoms with Gasteiger partial charge in [0.15, 0.2) is 0 Å². The zero-order chi connectivity index (χ0) is 13.4. The third-order valence-electron chi connectivity index (χ3n) is 2.56. The lowest BCUT2D eigenvalue weighted by Crippen LogP contribution is -2.38. The Hall–Kier alpha value is -1.60. The third-order valence-corrected chi connectivity index (χ3v) is 2.56. The number of nitrogens with one attached hydrogen (secondary N) is 2. The fourth-order valence-electron chi connectivity index (χ4n) is 1.57. The average Bonchev–Trinajstić information content (AvgIpc) is 2.36. The summed E-state index contributed by atoms with van der Waals surface area (Å²) in [6.07, 6.45) is 1.36. The number of carbonyl (C=O) groups is 1. The van der Waals surface area contributed by atoms with Gasteiger partial charge in [-0.3, -0.25) is 15.1 Å². The van der Waals surface area contributed by atoms with E-state index in [1.165, 1.54) is 6.20 Å².